The Hall–Kier alpha value is -0.580. The third kappa shape index (κ3) is 2.70. The van der Waals surface area contributed by atoms with Crippen molar-refractivity contribution >= 4 is 12.4 Å². The van der Waals surface area contributed by atoms with Crippen LogP contribution >= 0.6 is 12.4 Å². The van der Waals surface area contributed by atoms with Gasteiger partial charge in [-0.05, 0) is 13.0 Å². The molecule has 1 atom stereocenters. The summed E-state index contributed by atoms with van der Waals surface area (Å²) in [5.74, 6) is 0. The smallest absolute Gasteiger partial charge is 0.0492 e. The Labute approximate surface area is 90.5 Å². The lowest BCUT2D eigenvalue weighted by Crippen LogP contribution is -2.49. The van der Waals surface area contributed by atoms with Crippen LogP contribution in [0.1, 0.15) is 12.6 Å². The van der Waals surface area contributed by atoms with Crippen molar-refractivity contribution in [2.24, 2.45) is 0 Å². The van der Waals surface area contributed by atoms with Gasteiger partial charge in [-0.15, -0.1) is 12.4 Å². The summed E-state index contributed by atoms with van der Waals surface area (Å²) >= 11 is 0. The molecule has 80 valence electrons. The van der Waals surface area contributed by atoms with Crippen LogP contribution < -0.4 is 5.32 Å². The van der Waals surface area contributed by atoms with E-state index in [9.17, 15) is 0 Å². The van der Waals surface area contributed by atoms with E-state index in [0.717, 1.165) is 26.2 Å². The van der Waals surface area contributed by atoms with Crippen molar-refractivity contribution in [2.45, 2.75) is 19.5 Å². The first kappa shape index (κ1) is 11.5. The maximum Gasteiger partial charge on any atom is 0.0492 e. The highest BCUT2D eigenvalue weighted by molar-refractivity contribution is 5.85. The molecule has 1 aliphatic heterocycles. The maximum absolute atomic E-state index is 3.95. The van der Waals surface area contributed by atoms with Gasteiger partial charge in [0, 0.05) is 44.1 Å². The van der Waals surface area contributed by atoms with Crippen molar-refractivity contribution in [3.05, 3.63) is 18.0 Å². The number of nitrogens with one attached hydrogen (secondary N) is 2. The summed E-state index contributed by atoms with van der Waals surface area (Å²) in [7, 11) is 0. The molecule has 0 saturated carbocycles. The molecule has 0 bridgehead atoms. The first-order valence-corrected chi connectivity index (χ1v) is 4.79. The molecule has 2 N–H and O–H groups in total. The Kier molecular flexibility index (Phi) is 4.38. The van der Waals surface area contributed by atoms with Crippen LogP contribution in [0.5, 0.6) is 0 Å². The van der Waals surface area contributed by atoms with E-state index in [1.54, 1.807) is 0 Å². The summed E-state index contributed by atoms with van der Waals surface area (Å²) in [6.45, 7) is 6.55. The number of hydrogen-bond acceptors (Lipinski definition) is 3. The fourth-order valence-electron chi connectivity index (χ4n) is 1.71. The molecule has 4 nitrogen and oxygen atoms in total. The van der Waals surface area contributed by atoms with Gasteiger partial charge in [0.15, 0.2) is 0 Å². The molecule has 0 aromatic carbocycles. The average molecular weight is 217 g/mol. The van der Waals surface area contributed by atoms with Gasteiger partial charge in [0.1, 0.15) is 0 Å². The molecule has 0 aliphatic carbocycles. The molecular formula is C9H17ClN4. The molecule has 0 spiro atoms. The predicted octanol–water partition coefficient (Wildman–Crippen LogP) is 0.625. The lowest BCUT2D eigenvalue weighted by Gasteiger charge is -2.33. The standard InChI is InChI=1S/C9H16N4.ClH/c1-8-6-10-4-5-13(8)7-9-2-3-11-12-9;/h2-3,8,10H,4-7H2,1H3,(H,11,12);1H/t8-;/m0./s1. The van der Waals surface area contributed by atoms with Gasteiger partial charge in [-0.1, -0.05) is 0 Å². The molecule has 0 unspecified atom stereocenters. The second kappa shape index (κ2) is 5.34. The van der Waals surface area contributed by atoms with Crippen molar-refractivity contribution in [2.75, 3.05) is 19.6 Å². The van der Waals surface area contributed by atoms with Crippen LogP contribution in [-0.4, -0.2) is 40.8 Å². The normalized spacial score (nSPS) is 23.1. The van der Waals surface area contributed by atoms with Crippen molar-refractivity contribution in [1.82, 2.24) is 20.4 Å². The maximum atomic E-state index is 3.95. The summed E-state index contributed by atoms with van der Waals surface area (Å²) in [5.41, 5.74) is 1.20. The first-order valence-electron chi connectivity index (χ1n) is 4.79. The molecule has 0 amide bonds. The highest BCUT2D eigenvalue weighted by Crippen LogP contribution is 2.06. The van der Waals surface area contributed by atoms with Crippen LogP contribution in [0.15, 0.2) is 12.3 Å². The SMILES string of the molecule is C[C@H]1CNCCN1Cc1ccn[nH]1.Cl. The van der Waals surface area contributed by atoms with Crippen molar-refractivity contribution in [3.8, 4) is 0 Å². The van der Waals surface area contributed by atoms with Gasteiger partial charge >= 0.3 is 0 Å². The average Bonchev–Trinajstić information content (AvgIpc) is 2.61. The van der Waals surface area contributed by atoms with Gasteiger partial charge in [-0.25, -0.2) is 0 Å². The summed E-state index contributed by atoms with van der Waals surface area (Å²) in [6.07, 6.45) is 1.81. The zero-order valence-electron chi connectivity index (χ0n) is 8.36. The molecule has 1 fully saturated rings. The van der Waals surface area contributed by atoms with E-state index >= 15 is 0 Å². The third-order valence-electron chi connectivity index (χ3n) is 2.57. The van der Waals surface area contributed by atoms with Crippen LogP contribution in [-0.2, 0) is 6.54 Å². The van der Waals surface area contributed by atoms with E-state index in [2.05, 4.69) is 27.3 Å². The van der Waals surface area contributed by atoms with Crippen molar-refractivity contribution < 1.29 is 0 Å². The Bertz CT molecular complexity index is 249. The number of H-pyrrole nitrogens is 1. The van der Waals surface area contributed by atoms with Crippen LogP contribution in [0, 0.1) is 0 Å². The molecule has 14 heavy (non-hydrogen) atoms. The number of halogens is 1. The van der Waals surface area contributed by atoms with E-state index in [4.69, 9.17) is 0 Å². The lowest BCUT2D eigenvalue weighted by molar-refractivity contribution is 0.164. The number of aromatic nitrogens is 2. The quantitative estimate of drug-likeness (QED) is 0.762. The van der Waals surface area contributed by atoms with E-state index < -0.39 is 0 Å². The van der Waals surface area contributed by atoms with Crippen molar-refractivity contribution in [1.29, 1.82) is 0 Å². The van der Waals surface area contributed by atoms with Gasteiger partial charge in [0.2, 0.25) is 0 Å². The zero-order chi connectivity index (χ0) is 9.10. The molecule has 2 heterocycles. The molecule has 0 radical (unpaired) electrons. The lowest BCUT2D eigenvalue weighted by atomic mass is 10.2. The molecule has 5 heteroatoms. The third-order valence-corrected chi connectivity index (χ3v) is 2.57. The molecule has 1 aliphatic rings. The molecule has 1 saturated heterocycles. The molecule has 1 aromatic heterocycles. The highest BCUT2D eigenvalue weighted by Gasteiger charge is 2.17. The summed E-state index contributed by atoms with van der Waals surface area (Å²) < 4.78 is 0. The predicted molar refractivity (Wildman–Crippen MR) is 58.6 cm³/mol. The Morgan fingerprint density at radius 1 is 1.64 bits per heavy atom. The minimum atomic E-state index is 0. The molecular weight excluding hydrogens is 200 g/mol. The van der Waals surface area contributed by atoms with Gasteiger partial charge in [-0.3, -0.25) is 10.00 Å². The van der Waals surface area contributed by atoms with Crippen LogP contribution in [0.4, 0.5) is 0 Å². The second-order valence-electron chi connectivity index (χ2n) is 3.61. The van der Waals surface area contributed by atoms with Crippen LogP contribution in [0.2, 0.25) is 0 Å². The summed E-state index contributed by atoms with van der Waals surface area (Å²) in [5, 5.41) is 10.3. The largest absolute Gasteiger partial charge is 0.314 e. The summed E-state index contributed by atoms with van der Waals surface area (Å²) in [4.78, 5) is 2.46. The van der Waals surface area contributed by atoms with Gasteiger partial charge < -0.3 is 5.32 Å². The van der Waals surface area contributed by atoms with Crippen LogP contribution in [0.25, 0.3) is 0 Å². The van der Waals surface area contributed by atoms with Gasteiger partial charge in [-0.2, -0.15) is 5.10 Å². The summed E-state index contributed by atoms with van der Waals surface area (Å²) in [6, 6.07) is 2.66. The van der Waals surface area contributed by atoms with E-state index in [1.807, 2.05) is 12.3 Å². The first-order chi connectivity index (χ1) is 6.36. The zero-order valence-corrected chi connectivity index (χ0v) is 9.18. The monoisotopic (exact) mass is 216 g/mol. The minimum absolute atomic E-state index is 0. The number of nitrogens with zero attached hydrogens (tertiary/aromatic N) is 2. The van der Waals surface area contributed by atoms with Crippen molar-refractivity contribution in [3.63, 3.8) is 0 Å². The van der Waals surface area contributed by atoms with Crippen LogP contribution in [0.3, 0.4) is 0 Å². The van der Waals surface area contributed by atoms with Gasteiger partial charge in [0.05, 0.1) is 0 Å². The fraction of sp³-hybridized carbons (Fsp3) is 0.667. The van der Waals surface area contributed by atoms with E-state index in [-0.39, 0.29) is 12.4 Å². The van der Waals surface area contributed by atoms with Gasteiger partial charge in [0.25, 0.3) is 0 Å². The Balaban J connectivity index is 0.000000980. The number of hydrogen-bond donors (Lipinski definition) is 2. The minimum Gasteiger partial charge on any atom is -0.314 e. The number of rotatable bonds is 2. The Morgan fingerprint density at radius 2 is 2.50 bits per heavy atom. The Morgan fingerprint density at radius 3 is 3.14 bits per heavy atom. The topological polar surface area (TPSA) is 44.0 Å². The van der Waals surface area contributed by atoms with E-state index in [0.29, 0.717) is 6.04 Å². The number of aromatic amines is 1. The number of piperazine rings is 1. The fourth-order valence-corrected chi connectivity index (χ4v) is 1.71. The molecule has 1 aromatic rings. The van der Waals surface area contributed by atoms with E-state index in [1.165, 1.54) is 5.69 Å². The molecule has 2 rings (SSSR count). The second-order valence-corrected chi connectivity index (χ2v) is 3.61. The highest BCUT2D eigenvalue weighted by atomic mass is 35.5.